The molecule has 0 aromatic rings. The van der Waals surface area contributed by atoms with E-state index < -0.39 is 11.6 Å². The first-order valence-electron chi connectivity index (χ1n) is 6.43. The molecule has 0 aromatic carbocycles. The first-order chi connectivity index (χ1) is 8.52. The molecule has 1 saturated heterocycles. The lowest BCUT2D eigenvalue weighted by Crippen LogP contribution is -2.57. The monoisotopic (exact) mass is 258 g/mol. The lowest BCUT2D eigenvalue weighted by molar-refractivity contribution is -0.151. The van der Waals surface area contributed by atoms with Gasteiger partial charge in [0.1, 0.15) is 0 Å². The molecule has 1 aliphatic heterocycles. The molecule has 0 saturated carbocycles. The molecular weight excluding hydrogens is 236 g/mol. The lowest BCUT2D eigenvalue weighted by Gasteiger charge is -2.22. The fourth-order valence-corrected chi connectivity index (χ4v) is 1.74. The number of rotatable bonds is 0. The molecule has 1 fully saturated rings. The molecule has 0 radical (unpaired) electrons. The number of carbonyl (C=O) groups excluding carboxylic acids is 2. The molecule has 6 nitrogen and oxygen atoms in total. The van der Waals surface area contributed by atoms with Crippen molar-refractivity contribution in [3.8, 4) is 0 Å². The Morgan fingerprint density at radius 3 is 2.17 bits per heavy atom. The zero-order chi connectivity index (χ0) is 13.4. The molecule has 0 amide bonds. The van der Waals surface area contributed by atoms with Crippen molar-refractivity contribution in [3.05, 3.63) is 0 Å². The summed E-state index contributed by atoms with van der Waals surface area (Å²) in [6.07, 6.45) is 4.34. The summed E-state index contributed by atoms with van der Waals surface area (Å²) in [5, 5.41) is 0. The molecular formula is C12H22N2O4. The van der Waals surface area contributed by atoms with E-state index in [1.54, 1.807) is 0 Å². The summed E-state index contributed by atoms with van der Waals surface area (Å²) >= 11 is 0. The average molecular weight is 258 g/mol. The van der Waals surface area contributed by atoms with Gasteiger partial charge in [0, 0.05) is 6.42 Å². The van der Waals surface area contributed by atoms with Crippen molar-refractivity contribution in [2.75, 3.05) is 13.2 Å². The summed E-state index contributed by atoms with van der Waals surface area (Å²) in [6, 6.07) is 0. The average Bonchev–Trinajstić information content (AvgIpc) is 2.31. The normalized spacial score (nSPS) is 23.7. The second kappa shape index (κ2) is 7.33. The quantitative estimate of drug-likeness (QED) is 0.482. The van der Waals surface area contributed by atoms with Crippen molar-refractivity contribution in [1.29, 1.82) is 0 Å². The fourth-order valence-electron chi connectivity index (χ4n) is 1.74. The molecule has 0 aliphatic carbocycles. The van der Waals surface area contributed by atoms with Crippen molar-refractivity contribution in [1.82, 2.24) is 0 Å². The summed E-state index contributed by atoms with van der Waals surface area (Å²) < 4.78 is 10.1. The van der Waals surface area contributed by atoms with Gasteiger partial charge in [-0.15, -0.1) is 0 Å². The number of carbonyl (C=O) groups is 2. The Morgan fingerprint density at radius 1 is 0.889 bits per heavy atom. The van der Waals surface area contributed by atoms with Crippen molar-refractivity contribution in [2.24, 2.45) is 11.5 Å². The lowest BCUT2D eigenvalue weighted by atomic mass is 10.0. The highest BCUT2D eigenvalue weighted by molar-refractivity contribution is 5.79. The van der Waals surface area contributed by atoms with Gasteiger partial charge in [0.05, 0.1) is 13.2 Å². The zero-order valence-corrected chi connectivity index (χ0v) is 10.7. The van der Waals surface area contributed by atoms with Crippen LogP contribution in [0.25, 0.3) is 0 Å². The Balaban J connectivity index is 2.48. The van der Waals surface area contributed by atoms with Gasteiger partial charge >= 0.3 is 11.9 Å². The molecule has 18 heavy (non-hydrogen) atoms. The van der Waals surface area contributed by atoms with Gasteiger partial charge in [0.2, 0.25) is 0 Å². The van der Waals surface area contributed by atoms with Gasteiger partial charge in [-0.25, -0.2) is 4.79 Å². The van der Waals surface area contributed by atoms with E-state index in [0.717, 1.165) is 25.7 Å². The van der Waals surface area contributed by atoms with Gasteiger partial charge < -0.3 is 20.9 Å². The number of cyclic esters (lactones) is 2. The first-order valence-corrected chi connectivity index (χ1v) is 6.43. The predicted molar refractivity (Wildman–Crippen MR) is 65.3 cm³/mol. The highest BCUT2D eigenvalue weighted by atomic mass is 16.5. The van der Waals surface area contributed by atoms with Crippen molar-refractivity contribution < 1.29 is 19.1 Å². The Hall–Kier alpha value is -1.14. The van der Waals surface area contributed by atoms with Crippen LogP contribution in [0.15, 0.2) is 0 Å². The standard InChI is InChI=1S/C12H22N2O4/c13-12(14)7-5-6-10(15)17-8-3-1-2-4-9-18-11(12)16/h1-9,13-14H2. The van der Waals surface area contributed by atoms with E-state index in [9.17, 15) is 9.59 Å². The molecule has 1 rings (SSSR count). The molecule has 104 valence electrons. The maximum Gasteiger partial charge on any atom is 0.340 e. The van der Waals surface area contributed by atoms with E-state index in [-0.39, 0.29) is 18.8 Å². The molecule has 0 unspecified atom stereocenters. The maximum absolute atomic E-state index is 11.6. The highest BCUT2D eigenvalue weighted by Crippen LogP contribution is 2.10. The molecule has 1 aliphatic rings. The Bertz CT molecular complexity index is 292. The van der Waals surface area contributed by atoms with Gasteiger partial charge in [-0.1, -0.05) is 0 Å². The molecule has 0 spiro atoms. The molecule has 4 N–H and O–H groups in total. The first kappa shape index (κ1) is 14.9. The highest BCUT2D eigenvalue weighted by Gasteiger charge is 2.30. The van der Waals surface area contributed by atoms with Gasteiger partial charge in [0.15, 0.2) is 5.66 Å². The fraction of sp³-hybridized carbons (Fsp3) is 0.833. The van der Waals surface area contributed by atoms with Gasteiger partial charge in [-0.2, -0.15) is 0 Å². The van der Waals surface area contributed by atoms with Crippen LogP contribution in [-0.4, -0.2) is 30.8 Å². The molecule has 0 bridgehead atoms. The van der Waals surface area contributed by atoms with Crippen LogP contribution in [0, 0.1) is 0 Å². The summed E-state index contributed by atoms with van der Waals surface area (Å²) in [5.41, 5.74) is 9.83. The Labute approximate surface area is 107 Å². The van der Waals surface area contributed by atoms with Gasteiger partial charge in [0.25, 0.3) is 0 Å². The zero-order valence-electron chi connectivity index (χ0n) is 10.7. The van der Waals surface area contributed by atoms with Crippen molar-refractivity contribution in [3.63, 3.8) is 0 Å². The summed E-state index contributed by atoms with van der Waals surface area (Å²) in [6.45, 7) is 0.795. The van der Waals surface area contributed by atoms with Crippen LogP contribution in [0.3, 0.4) is 0 Å². The summed E-state index contributed by atoms with van der Waals surface area (Å²) in [5.74, 6) is -0.871. The summed E-state index contributed by atoms with van der Waals surface area (Å²) in [4.78, 5) is 22.9. The van der Waals surface area contributed by atoms with E-state index in [1.165, 1.54) is 0 Å². The minimum Gasteiger partial charge on any atom is -0.466 e. The number of ether oxygens (including phenoxy) is 2. The van der Waals surface area contributed by atoms with Crippen molar-refractivity contribution in [2.45, 2.75) is 50.6 Å². The van der Waals surface area contributed by atoms with Crippen LogP contribution in [0.2, 0.25) is 0 Å². The Morgan fingerprint density at radius 2 is 1.50 bits per heavy atom. The predicted octanol–water partition coefficient (Wildman–Crippen LogP) is 0.431. The molecule has 0 aromatic heterocycles. The topological polar surface area (TPSA) is 105 Å². The SMILES string of the molecule is NC1(N)CCCC(=O)OCCCCCCOC1=O. The van der Waals surface area contributed by atoms with E-state index in [2.05, 4.69) is 0 Å². The van der Waals surface area contributed by atoms with Crippen LogP contribution >= 0.6 is 0 Å². The van der Waals surface area contributed by atoms with E-state index in [0.29, 0.717) is 19.6 Å². The second-order valence-corrected chi connectivity index (χ2v) is 4.66. The number of hydrogen-bond acceptors (Lipinski definition) is 6. The van der Waals surface area contributed by atoms with E-state index >= 15 is 0 Å². The van der Waals surface area contributed by atoms with Crippen LogP contribution in [0.5, 0.6) is 0 Å². The van der Waals surface area contributed by atoms with Gasteiger partial charge in [-0.3, -0.25) is 4.79 Å². The van der Waals surface area contributed by atoms with Crippen LogP contribution < -0.4 is 11.5 Å². The third-order valence-corrected chi connectivity index (χ3v) is 2.89. The number of nitrogens with two attached hydrogens (primary N) is 2. The van der Waals surface area contributed by atoms with Crippen LogP contribution in [0.1, 0.15) is 44.9 Å². The Kier molecular flexibility index (Phi) is 6.07. The molecule has 6 heteroatoms. The number of esters is 2. The summed E-state index contributed by atoms with van der Waals surface area (Å²) in [7, 11) is 0. The molecule has 1 heterocycles. The van der Waals surface area contributed by atoms with Crippen molar-refractivity contribution >= 4 is 11.9 Å². The molecule has 0 atom stereocenters. The largest absolute Gasteiger partial charge is 0.466 e. The van der Waals surface area contributed by atoms with Crippen LogP contribution in [0.4, 0.5) is 0 Å². The smallest absolute Gasteiger partial charge is 0.340 e. The minimum absolute atomic E-state index is 0.209. The van der Waals surface area contributed by atoms with E-state index in [4.69, 9.17) is 20.9 Å². The number of hydrogen-bond donors (Lipinski definition) is 2. The maximum atomic E-state index is 11.6. The van der Waals surface area contributed by atoms with E-state index in [1.807, 2.05) is 0 Å². The third-order valence-electron chi connectivity index (χ3n) is 2.89. The second-order valence-electron chi connectivity index (χ2n) is 4.66. The third kappa shape index (κ3) is 5.46. The van der Waals surface area contributed by atoms with Gasteiger partial charge in [-0.05, 0) is 38.5 Å². The van der Waals surface area contributed by atoms with Crippen LogP contribution in [-0.2, 0) is 19.1 Å². The minimum atomic E-state index is -1.51.